The molecule has 5 aromatic rings. The summed E-state index contributed by atoms with van der Waals surface area (Å²) in [6.07, 6.45) is 6.38. The number of aromatic nitrogens is 3. The largest absolute Gasteiger partial charge is 0.301 e. The van der Waals surface area contributed by atoms with E-state index in [0.717, 1.165) is 46.2 Å². The van der Waals surface area contributed by atoms with Crippen molar-refractivity contribution in [2.45, 2.75) is 19.4 Å². The molecule has 0 atom stereocenters. The molecule has 3 aromatic carbocycles. The van der Waals surface area contributed by atoms with Gasteiger partial charge in [-0.2, -0.15) is 5.10 Å². The van der Waals surface area contributed by atoms with Crippen LogP contribution < -0.4 is 5.56 Å². The van der Waals surface area contributed by atoms with Gasteiger partial charge in [-0.1, -0.05) is 42.5 Å². The molecule has 0 unspecified atom stereocenters. The van der Waals surface area contributed by atoms with Crippen molar-refractivity contribution in [3.05, 3.63) is 95.5 Å². The fraction of sp³-hybridized carbons (Fsp3) is 0.214. The summed E-state index contributed by atoms with van der Waals surface area (Å²) in [6, 6.07) is 24.4. The number of fused-ring (bicyclic) bond motifs is 2. The molecule has 5 nitrogen and oxygen atoms in total. The molecule has 7 heteroatoms. The zero-order valence-corrected chi connectivity index (χ0v) is 21.0. The Balaban J connectivity index is 0.00000144. The van der Waals surface area contributed by atoms with Crippen LogP contribution in [0.3, 0.4) is 0 Å². The smallest absolute Gasteiger partial charge is 0.255 e. The highest BCUT2D eigenvalue weighted by molar-refractivity contribution is 5.96. The van der Waals surface area contributed by atoms with Crippen molar-refractivity contribution in [3.8, 4) is 16.8 Å². The number of hydrogen-bond donors (Lipinski definition) is 0. The molecular formula is C28H28Cl2N4O. The number of rotatable bonds is 5. The number of halogens is 2. The fourth-order valence-electron chi connectivity index (χ4n) is 4.98. The molecule has 0 amide bonds. The summed E-state index contributed by atoms with van der Waals surface area (Å²) in [5.74, 6) is 0. The summed E-state index contributed by atoms with van der Waals surface area (Å²) in [6.45, 7) is 4.32. The predicted octanol–water partition coefficient (Wildman–Crippen LogP) is 5.95. The van der Waals surface area contributed by atoms with Gasteiger partial charge in [0.2, 0.25) is 0 Å². The van der Waals surface area contributed by atoms with Crippen LogP contribution >= 0.6 is 24.8 Å². The molecule has 6 rings (SSSR count). The molecule has 2 aromatic heterocycles. The van der Waals surface area contributed by atoms with Crippen LogP contribution in [0.1, 0.15) is 12.8 Å². The molecule has 0 saturated carbocycles. The van der Waals surface area contributed by atoms with Crippen LogP contribution in [0.2, 0.25) is 0 Å². The first-order valence-corrected chi connectivity index (χ1v) is 11.7. The Kier molecular flexibility index (Phi) is 7.60. The predicted molar refractivity (Wildman–Crippen MR) is 148 cm³/mol. The van der Waals surface area contributed by atoms with E-state index in [4.69, 9.17) is 0 Å². The van der Waals surface area contributed by atoms with Crippen LogP contribution in [0.5, 0.6) is 0 Å². The van der Waals surface area contributed by atoms with E-state index in [0.29, 0.717) is 0 Å². The number of pyridine rings is 1. The minimum absolute atomic E-state index is 0. The van der Waals surface area contributed by atoms with E-state index in [1.54, 1.807) is 10.6 Å². The number of hydrogen-bond acceptors (Lipinski definition) is 3. The molecule has 1 aliphatic heterocycles. The number of benzene rings is 3. The third-order valence-electron chi connectivity index (χ3n) is 6.75. The summed E-state index contributed by atoms with van der Waals surface area (Å²) in [4.78, 5) is 15.6. The van der Waals surface area contributed by atoms with Gasteiger partial charge in [-0.25, -0.2) is 0 Å². The van der Waals surface area contributed by atoms with Crippen molar-refractivity contribution in [1.29, 1.82) is 0 Å². The minimum Gasteiger partial charge on any atom is -0.301 e. The maximum atomic E-state index is 13.1. The Morgan fingerprint density at radius 2 is 1.60 bits per heavy atom. The first-order valence-electron chi connectivity index (χ1n) is 11.7. The highest BCUT2D eigenvalue weighted by atomic mass is 35.5. The second-order valence-electron chi connectivity index (χ2n) is 8.81. The van der Waals surface area contributed by atoms with Gasteiger partial charge in [0.1, 0.15) is 0 Å². The molecule has 0 bridgehead atoms. The number of nitrogens with zero attached hydrogens (tertiary/aromatic N) is 4. The Morgan fingerprint density at radius 1 is 0.800 bits per heavy atom. The summed E-state index contributed by atoms with van der Waals surface area (Å²) in [5.41, 5.74) is 3.94. The Bertz CT molecular complexity index is 1510. The minimum atomic E-state index is -0.0405. The van der Waals surface area contributed by atoms with Gasteiger partial charge in [-0.3, -0.25) is 14.0 Å². The molecule has 3 heterocycles. The van der Waals surface area contributed by atoms with Crippen molar-refractivity contribution in [2.24, 2.45) is 0 Å². The van der Waals surface area contributed by atoms with Crippen molar-refractivity contribution in [1.82, 2.24) is 19.2 Å². The average molecular weight is 507 g/mol. The van der Waals surface area contributed by atoms with Gasteiger partial charge in [-0.05, 0) is 72.1 Å². The van der Waals surface area contributed by atoms with Crippen molar-refractivity contribution >= 4 is 46.5 Å². The van der Waals surface area contributed by atoms with E-state index in [1.165, 1.54) is 31.3 Å². The molecule has 1 fully saturated rings. The van der Waals surface area contributed by atoms with Crippen LogP contribution in [-0.2, 0) is 6.54 Å². The highest BCUT2D eigenvalue weighted by Crippen LogP contribution is 2.28. The maximum Gasteiger partial charge on any atom is 0.255 e. The van der Waals surface area contributed by atoms with Crippen LogP contribution in [0.15, 0.2) is 90.0 Å². The molecule has 0 N–H and O–H groups in total. The van der Waals surface area contributed by atoms with Gasteiger partial charge in [0, 0.05) is 29.9 Å². The lowest BCUT2D eigenvalue weighted by atomic mass is 9.99. The van der Waals surface area contributed by atoms with Crippen molar-refractivity contribution in [3.63, 3.8) is 0 Å². The normalized spacial score (nSPS) is 13.6. The van der Waals surface area contributed by atoms with Gasteiger partial charge < -0.3 is 4.90 Å². The van der Waals surface area contributed by atoms with E-state index in [2.05, 4.69) is 45.0 Å². The molecule has 1 aliphatic rings. The van der Waals surface area contributed by atoms with E-state index in [-0.39, 0.29) is 30.4 Å². The summed E-state index contributed by atoms with van der Waals surface area (Å²) < 4.78 is 3.78. The van der Waals surface area contributed by atoms with Crippen LogP contribution in [0.4, 0.5) is 0 Å². The molecule has 35 heavy (non-hydrogen) atoms. The summed E-state index contributed by atoms with van der Waals surface area (Å²) in [5, 5.41) is 7.98. The summed E-state index contributed by atoms with van der Waals surface area (Å²) >= 11 is 0. The standard InChI is InChI=1S/C28H26N4O.2ClH/c33-28-19-22(26-9-5-7-21-6-1-2-8-25(21)26)12-15-31(28)24-10-11-27-23(18-24)20-29-32(27)17-16-30-13-3-4-14-30;;/h1-2,5-12,15,18-20H,3-4,13-14,16-17H2;2*1H. The topological polar surface area (TPSA) is 43.1 Å². The lowest BCUT2D eigenvalue weighted by Gasteiger charge is -2.14. The van der Waals surface area contributed by atoms with E-state index >= 15 is 0 Å². The Hall–Kier alpha value is -3.12. The molecule has 0 aliphatic carbocycles. The Morgan fingerprint density at radius 3 is 2.43 bits per heavy atom. The SMILES string of the molecule is Cl.Cl.O=c1cc(-c2cccc3ccccc23)ccn1-c1ccc2c(cnn2CCN2CCCC2)c1. The zero-order chi connectivity index (χ0) is 22.2. The van der Waals surface area contributed by atoms with Crippen LogP contribution in [0, 0.1) is 0 Å². The first kappa shape index (κ1) is 25.0. The molecule has 180 valence electrons. The van der Waals surface area contributed by atoms with Gasteiger partial charge in [0.15, 0.2) is 0 Å². The lowest BCUT2D eigenvalue weighted by molar-refractivity contribution is 0.318. The van der Waals surface area contributed by atoms with Gasteiger partial charge in [-0.15, -0.1) is 24.8 Å². The highest BCUT2D eigenvalue weighted by Gasteiger charge is 2.13. The van der Waals surface area contributed by atoms with Gasteiger partial charge in [0.25, 0.3) is 5.56 Å². The maximum absolute atomic E-state index is 13.1. The van der Waals surface area contributed by atoms with E-state index in [1.807, 2.05) is 48.8 Å². The van der Waals surface area contributed by atoms with E-state index in [9.17, 15) is 4.79 Å². The zero-order valence-electron chi connectivity index (χ0n) is 19.3. The fourth-order valence-corrected chi connectivity index (χ4v) is 4.98. The van der Waals surface area contributed by atoms with Crippen molar-refractivity contribution in [2.75, 3.05) is 19.6 Å². The molecular weight excluding hydrogens is 479 g/mol. The van der Waals surface area contributed by atoms with Gasteiger partial charge in [0.05, 0.1) is 18.3 Å². The lowest BCUT2D eigenvalue weighted by Crippen LogP contribution is -2.24. The third kappa shape index (κ3) is 4.85. The quantitative estimate of drug-likeness (QED) is 0.296. The van der Waals surface area contributed by atoms with E-state index < -0.39 is 0 Å². The average Bonchev–Trinajstić information content (AvgIpc) is 3.52. The first-order chi connectivity index (χ1) is 16.3. The Labute approximate surface area is 216 Å². The number of likely N-dealkylation sites (tertiary alicyclic amines) is 1. The summed E-state index contributed by atoms with van der Waals surface area (Å²) in [7, 11) is 0. The molecule has 0 radical (unpaired) electrons. The second kappa shape index (κ2) is 10.6. The monoisotopic (exact) mass is 506 g/mol. The van der Waals surface area contributed by atoms with Crippen LogP contribution in [-0.4, -0.2) is 38.9 Å². The second-order valence-corrected chi connectivity index (χ2v) is 8.81. The third-order valence-corrected chi connectivity index (χ3v) is 6.75. The molecule has 0 spiro atoms. The molecule has 1 saturated heterocycles. The van der Waals surface area contributed by atoms with Crippen molar-refractivity contribution < 1.29 is 0 Å². The van der Waals surface area contributed by atoms with Crippen LogP contribution in [0.25, 0.3) is 38.5 Å². The van der Waals surface area contributed by atoms with Gasteiger partial charge >= 0.3 is 0 Å².